The van der Waals surface area contributed by atoms with Crippen molar-refractivity contribution in [3.8, 4) is 0 Å². The topological polar surface area (TPSA) is 46.2 Å². The van der Waals surface area contributed by atoms with Crippen LogP contribution in [0.3, 0.4) is 0 Å². The second-order valence-electron chi connectivity index (χ2n) is 7.82. The average Bonchev–Trinajstić information content (AvgIpc) is 2.62. The molecule has 0 aromatic rings. The molecule has 154 valence electrons. The van der Waals surface area contributed by atoms with Gasteiger partial charge >= 0.3 is 0 Å². The summed E-state index contributed by atoms with van der Waals surface area (Å²) in [6.45, 7) is 4.41. The summed E-state index contributed by atoms with van der Waals surface area (Å²) >= 11 is 0. The van der Waals surface area contributed by atoms with Crippen molar-refractivity contribution >= 4 is 11.7 Å². The van der Waals surface area contributed by atoms with Crippen LogP contribution in [-0.2, 0) is 9.59 Å². The van der Waals surface area contributed by atoms with Crippen molar-refractivity contribution in [1.29, 1.82) is 0 Å². The lowest BCUT2D eigenvalue weighted by atomic mass is 10.0. The Morgan fingerprint density at radius 1 is 0.577 bits per heavy atom. The molecule has 0 aromatic heterocycles. The lowest BCUT2D eigenvalue weighted by Crippen LogP contribution is -2.21. The number of ketones is 1. The predicted molar refractivity (Wildman–Crippen MR) is 112 cm³/mol. The highest BCUT2D eigenvalue weighted by Crippen LogP contribution is 2.14. The van der Waals surface area contributed by atoms with Crippen molar-refractivity contribution < 1.29 is 9.59 Å². The molecule has 0 saturated carbocycles. The van der Waals surface area contributed by atoms with Gasteiger partial charge < -0.3 is 5.32 Å². The fourth-order valence-electron chi connectivity index (χ4n) is 3.37. The maximum atomic E-state index is 11.7. The first-order valence-corrected chi connectivity index (χ1v) is 11.4. The second kappa shape index (κ2) is 20.5. The van der Waals surface area contributed by atoms with Crippen LogP contribution >= 0.6 is 0 Å². The van der Waals surface area contributed by atoms with E-state index in [1.54, 1.807) is 0 Å². The third-order valence-corrected chi connectivity index (χ3v) is 5.07. The standard InChI is InChI=1S/C23H45NO2/c1-3-4-5-6-7-8-9-10-11-12-13-14-15-16-17-19-23(26)20-18-21-24-22(2)25/h3-21H2,1-2H3,(H,24,25). The molecule has 1 amide bonds. The van der Waals surface area contributed by atoms with E-state index in [1.807, 2.05) is 0 Å². The Bertz CT molecular complexity index is 328. The summed E-state index contributed by atoms with van der Waals surface area (Å²) in [6.07, 6.45) is 22.4. The first kappa shape index (κ1) is 25.1. The van der Waals surface area contributed by atoms with Crippen LogP contribution < -0.4 is 5.32 Å². The van der Waals surface area contributed by atoms with Crippen LogP contribution in [0.2, 0.25) is 0 Å². The molecule has 0 unspecified atom stereocenters. The summed E-state index contributed by atoms with van der Waals surface area (Å²) in [4.78, 5) is 22.4. The Balaban J connectivity index is 3.12. The zero-order valence-corrected chi connectivity index (χ0v) is 17.8. The van der Waals surface area contributed by atoms with Gasteiger partial charge in [0.05, 0.1) is 0 Å². The Morgan fingerprint density at radius 3 is 1.38 bits per heavy atom. The van der Waals surface area contributed by atoms with Gasteiger partial charge in [-0.1, -0.05) is 96.8 Å². The first-order chi connectivity index (χ1) is 12.7. The molecule has 3 nitrogen and oxygen atoms in total. The molecule has 0 aliphatic heterocycles. The molecule has 0 aromatic carbocycles. The molecule has 0 rings (SSSR count). The number of hydrogen-bond acceptors (Lipinski definition) is 2. The smallest absolute Gasteiger partial charge is 0.216 e. The largest absolute Gasteiger partial charge is 0.356 e. The molecular formula is C23H45NO2. The number of nitrogens with one attached hydrogen (secondary N) is 1. The van der Waals surface area contributed by atoms with Crippen LogP contribution in [0.15, 0.2) is 0 Å². The van der Waals surface area contributed by atoms with E-state index in [0.29, 0.717) is 18.7 Å². The van der Waals surface area contributed by atoms with E-state index in [0.717, 1.165) is 19.3 Å². The van der Waals surface area contributed by atoms with Gasteiger partial charge in [0, 0.05) is 26.3 Å². The van der Waals surface area contributed by atoms with Gasteiger partial charge in [0.2, 0.25) is 5.91 Å². The number of hydrogen-bond donors (Lipinski definition) is 1. The molecule has 0 bridgehead atoms. The number of carbonyl (C=O) groups is 2. The van der Waals surface area contributed by atoms with Gasteiger partial charge in [-0.15, -0.1) is 0 Å². The lowest BCUT2D eigenvalue weighted by molar-refractivity contribution is -0.120. The van der Waals surface area contributed by atoms with Gasteiger partial charge in [0.25, 0.3) is 0 Å². The fourth-order valence-corrected chi connectivity index (χ4v) is 3.37. The normalized spacial score (nSPS) is 10.8. The van der Waals surface area contributed by atoms with E-state index in [2.05, 4.69) is 12.2 Å². The molecule has 0 heterocycles. The van der Waals surface area contributed by atoms with E-state index in [-0.39, 0.29) is 5.91 Å². The Morgan fingerprint density at radius 2 is 0.962 bits per heavy atom. The van der Waals surface area contributed by atoms with Crippen molar-refractivity contribution in [1.82, 2.24) is 5.32 Å². The van der Waals surface area contributed by atoms with Crippen molar-refractivity contribution in [2.75, 3.05) is 6.54 Å². The number of carbonyl (C=O) groups excluding carboxylic acids is 2. The van der Waals surface area contributed by atoms with E-state index in [1.165, 1.54) is 96.8 Å². The van der Waals surface area contributed by atoms with Crippen molar-refractivity contribution in [3.63, 3.8) is 0 Å². The third-order valence-electron chi connectivity index (χ3n) is 5.07. The summed E-state index contributed by atoms with van der Waals surface area (Å²) in [5.41, 5.74) is 0. The fraction of sp³-hybridized carbons (Fsp3) is 0.913. The van der Waals surface area contributed by atoms with E-state index >= 15 is 0 Å². The summed E-state index contributed by atoms with van der Waals surface area (Å²) in [5.74, 6) is 0.338. The molecule has 0 atom stereocenters. The van der Waals surface area contributed by atoms with Crippen molar-refractivity contribution in [2.45, 2.75) is 129 Å². The summed E-state index contributed by atoms with van der Waals surface area (Å²) in [6, 6.07) is 0. The molecule has 0 saturated heterocycles. The van der Waals surface area contributed by atoms with E-state index < -0.39 is 0 Å². The SMILES string of the molecule is CCCCCCCCCCCCCCCCCC(=O)CCCNC(C)=O. The quantitative estimate of drug-likeness (QED) is 0.242. The maximum Gasteiger partial charge on any atom is 0.216 e. The molecule has 3 heteroatoms. The third kappa shape index (κ3) is 21.2. The van der Waals surface area contributed by atoms with E-state index in [4.69, 9.17) is 0 Å². The highest BCUT2D eigenvalue weighted by atomic mass is 16.1. The van der Waals surface area contributed by atoms with Gasteiger partial charge in [-0.2, -0.15) is 0 Å². The summed E-state index contributed by atoms with van der Waals surface area (Å²) in [7, 11) is 0. The van der Waals surface area contributed by atoms with E-state index in [9.17, 15) is 9.59 Å². The Labute approximate surface area is 163 Å². The highest BCUT2D eigenvalue weighted by Gasteiger charge is 2.02. The zero-order chi connectivity index (χ0) is 19.3. The van der Waals surface area contributed by atoms with Crippen LogP contribution in [0.4, 0.5) is 0 Å². The van der Waals surface area contributed by atoms with Crippen molar-refractivity contribution in [3.05, 3.63) is 0 Å². The van der Waals surface area contributed by atoms with Crippen molar-refractivity contribution in [2.24, 2.45) is 0 Å². The highest BCUT2D eigenvalue weighted by molar-refractivity contribution is 5.78. The number of amides is 1. The number of Topliss-reactive ketones (excluding diaryl/α,β-unsaturated/α-hetero) is 1. The van der Waals surface area contributed by atoms with Crippen LogP contribution in [0.25, 0.3) is 0 Å². The number of rotatable bonds is 20. The first-order valence-electron chi connectivity index (χ1n) is 11.4. The molecule has 0 fully saturated rings. The lowest BCUT2D eigenvalue weighted by Gasteiger charge is -2.04. The average molecular weight is 368 g/mol. The van der Waals surface area contributed by atoms with Gasteiger partial charge in [-0.05, 0) is 12.8 Å². The zero-order valence-electron chi connectivity index (χ0n) is 17.8. The van der Waals surface area contributed by atoms with Gasteiger partial charge in [0.15, 0.2) is 0 Å². The monoisotopic (exact) mass is 367 g/mol. The summed E-state index contributed by atoms with van der Waals surface area (Å²) in [5, 5.41) is 2.73. The maximum absolute atomic E-state index is 11.7. The second-order valence-corrected chi connectivity index (χ2v) is 7.82. The molecule has 26 heavy (non-hydrogen) atoms. The summed E-state index contributed by atoms with van der Waals surface area (Å²) < 4.78 is 0. The molecular weight excluding hydrogens is 322 g/mol. The van der Waals surface area contributed by atoms with Crippen LogP contribution in [0, 0.1) is 0 Å². The number of unbranched alkanes of at least 4 members (excludes halogenated alkanes) is 14. The predicted octanol–water partition coefficient (Wildman–Crippen LogP) is 6.73. The van der Waals surface area contributed by atoms with Gasteiger partial charge in [-0.3, -0.25) is 9.59 Å². The van der Waals surface area contributed by atoms with Gasteiger partial charge in [0.1, 0.15) is 5.78 Å². The molecule has 0 radical (unpaired) electrons. The minimum Gasteiger partial charge on any atom is -0.356 e. The van der Waals surface area contributed by atoms with Crippen LogP contribution in [0.1, 0.15) is 129 Å². The van der Waals surface area contributed by atoms with Crippen LogP contribution in [-0.4, -0.2) is 18.2 Å². The Hall–Kier alpha value is -0.860. The molecule has 0 aliphatic rings. The molecule has 0 spiro atoms. The minimum atomic E-state index is -0.0140. The molecule has 0 aliphatic carbocycles. The van der Waals surface area contributed by atoms with Gasteiger partial charge in [-0.25, -0.2) is 0 Å². The molecule has 1 N–H and O–H groups in total. The van der Waals surface area contributed by atoms with Crippen LogP contribution in [0.5, 0.6) is 0 Å². The minimum absolute atomic E-state index is 0.0140. The Kier molecular flexibility index (Phi) is 19.8.